The number of aromatic nitrogens is 1. The Kier molecular flexibility index (Phi) is 10.2. The van der Waals surface area contributed by atoms with Gasteiger partial charge in [-0.2, -0.15) is 0 Å². The minimum Gasteiger partial charge on any atom is -0.493 e. The number of hydrogen-bond donors (Lipinski definition) is 1. The molecule has 38 heavy (non-hydrogen) atoms. The number of methoxy groups -OCH3 is 1. The Morgan fingerprint density at radius 1 is 1.03 bits per heavy atom. The lowest BCUT2D eigenvalue weighted by molar-refractivity contribution is -0.119. The number of aryl methyl sites for hydroxylation is 1. The second-order valence-corrected chi connectivity index (χ2v) is 10.2. The van der Waals surface area contributed by atoms with Gasteiger partial charge < -0.3 is 29.0 Å². The molecule has 2 atom stereocenters. The minimum absolute atomic E-state index is 0.0294. The van der Waals surface area contributed by atoms with Crippen molar-refractivity contribution in [2.75, 3.05) is 46.6 Å². The molecule has 1 fully saturated rings. The number of hydrogen-bond acceptors (Lipinski definition) is 5. The van der Waals surface area contributed by atoms with Gasteiger partial charge in [-0.1, -0.05) is 24.3 Å². The molecule has 4 rings (SSSR count). The molecule has 0 aliphatic carbocycles. The number of carbonyl (C=O) groups excluding carboxylic acids is 1. The highest BCUT2D eigenvalue weighted by atomic mass is 16.5. The molecule has 0 radical (unpaired) electrons. The van der Waals surface area contributed by atoms with Crippen LogP contribution in [0.4, 0.5) is 0 Å². The summed E-state index contributed by atoms with van der Waals surface area (Å²) in [4.78, 5) is 13.8. The van der Waals surface area contributed by atoms with E-state index in [1.54, 1.807) is 7.11 Å². The van der Waals surface area contributed by atoms with Crippen molar-refractivity contribution in [3.05, 3.63) is 83.7 Å². The average molecular weight is 520 g/mol. The van der Waals surface area contributed by atoms with Crippen LogP contribution in [0.3, 0.4) is 0 Å². The highest BCUT2D eigenvalue weighted by molar-refractivity contribution is 5.72. The van der Waals surface area contributed by atoms with E-state index in [-0.39, 0.29) is 5.91 Å². The van der Waals surface area contributed by atoms with E-state index < -0.39 is 0 Å². The van der Waals surface area contributed by atoms with Gasteiger partial charge in [0.05, 0.1) is 13.2 Å². The summed E-state index contributed by atoms with van der Waals surface area (Å²) in [6.07, 6.45) is 5.45. The minimum atomic E-state index is -0.0294. The largest absolute Gasteiger partial charge is 0.493 e. The maximum atomic E-state index is 11.2. The van der Waals surface area contributed by atoms with Crippen LogP contribution in [0.5, 0.6) is 11.5 Å². The molecule has 1 aromatic heterocycles. The van der Waals surface area contributed by atoms with Crippen LogP contribution < -0.4 is 14.8 Å². The number of rotatable bonds is 13. The molecule has 1 N–H and O–H groups in total. The molecule has 0 spiro atoms. The topological polar surface area (TPSA) is 65.0 Å². The first kappa shape index (κ1) is 27.7. The van der Waals surface area contributed by atoms with E-state index in [1.165, 1.54) is 18.1 Å². The smallest absolute Gasteiger partial charge is 0.217 e. The molecule has 7 heteroatoms. The van der Waals surface area contributed by atoms with Gasteiger partial charge in [0.2, 0.25) is 5.91 Å². The monoisotopic (exact) mass is 519 g/mol. The number of piperidine rings is 1. The summed E-state index contributed by atoms with van der Waals surface area (Å²) in [5.41, 5.74) is 3.66. The first-order chi connectivity index (χ1) is 18.5. The quantitative estimate of drug-likeness (QED) is 0.333. The lowest BCUT2D eigenvalue weighted by Gasteiger charge is -2.39. The van der Waals surface area contributed by atoms with Crippen LogP contribution in [0.1, 0.15) is 36.0 Å². The van der Waals surface area contributed by atoms with E-state index in [9.17, 15) is 4.79 Å². The van der Waals surface area contributed by atoms with Crippen LogP contribution in [-0.4, -0.2) is 61.9 Å². The van der Waals surface area contributed by atoms with Gasteiger partial charge in [0, 0.05) is 58.5 Å². The van der Waals surface area contributed by atoms with Crippen LogP contribution in [0, 0.1) is 12.8 Å². The second-order valence-electron chi connectivity index (χ2n) is 10.2. The third-order valence-corrected chi connectivity index (χ3v) is 7.16. The second kappa shape index (κ2) is 14.0. The van der Waals surface area contributed by atoms with E-state index in [2.05, 4.69) is 58.4 Å². The first-order valence-corrected chi connectivity index (χ1v) is 13.5. The number of likely N-dealkylation sites (tertiary alicyclic amines) is 1. The molecule has 1 aliphatic heterocycles. The fraction of sp³-hybridized carbons (Fsp3) is 0.452. The molecule has 1 amide bonds. The highest BCUT2D eigenvalue weighted by Crippen LogP contribution is 2.35. The van der Waals surface area contributed by atoms with Gasteiger partial charge in [-0.3, -0.25) is 4.79 Å². The molecule has 1 saturated heterocycles. The third kappa shape index (κ3) is 8.36. The van der Waals surface area contributed by atoms with Crippen LogP contribution >= 0.6 is 0 Å². The fourth-order valence-electron chi connectivity index (χ4n) is 5.09. The summed E-state index contributed by atoms with van der Waals surface area (Å²) in [5, 5.41) is 2.84. The first-order valence-electron chi connectivity index (χ1n) is 13.5. The van der Waals surface area contributed by atoms with Crippen LogP contribution in [0.2, 0.25) is 0 Å². The van der Waals surface area contributed by atoms with E-state index in [1.807, 2.05) is 30.3 Å². The Morgan fingerprint density at radius 2 is 1.87 bits per heavy atom. The summed E-state index contributed by atoms with van der Waals surface area (Å²) in [6.45, 7) is 10.0. The number of nitrogens with zero attached hydrogens (tertiary/aromatic N) is 2. The van der Waals surface area contributed by atoms with Crippen molar-refractivity contribution >= 4 is 5.91 Å². The van der Waals surface area contributed by atoms with Gasteiger partial charge in [-0.15, -0.1) is 0 Å². The Hall–Kier alpha value is -3.29. The number of carbonyl (C=O) groups is 1. The molecule has 7 nitrogen and oxygen atoms in total. The van der Waals surface area contributed by atoms with Crippen molar-refractivity contribution in [1.82, 2.24) is 14.8 Å². The van der Waals surface area contributed by atoms with Crippen molar-refractivity contribution < 1.29 is 19.0 Å². The Morgan fingerprint density at radius 3 is 2.61 bits per heavy atom. The third-order valence-electron chi connectivity index (χ3n) is 7.16. The number of ether oxygens (including phenoxy) is 3. The Bertz CT molecular complexity index is 1140. The highest BCUT2D eigenvalue weighted by Gasteiger charge is 2.31. The number of nitrogens with one attached hydrogen (secondary N) is 1. The molecule has 204 valence electrons. The van der Waals surface area contributed by atoms with Gasteiger partial charge in [-0.25, -0.2) is 0 Å². The van der Waals surface area contributed by atoms with Crippen molar-refractivity contribution in [3.63, 3.8) is 0 Å². The standard InChI is InChI=1S/C31H41N3O4/c1-24-11-13-33(21-24)15-16-34-14-12-31(27-5-4-6-30(19-27)37-18-17-36-3)28(22-34)23-38-29-9-7-26(8-10-29)20-32-25(2)35/h4-11,13,19,21,28,31H,12,14-18,20,22-23H2,1-3H3,(H,32,35)/t28?,31-/m0/s1. The zero-order chi connectivity index (χ0) is 26.7. The Labute approximate surface area is 226 Å². The van der Waals surface area contributed by atoms with Gasteiger partial charge in [0.25, 0.3) is 0 Å². The summed E-state index contributed by atoms with van der Waals surface area (Å²) >= 11 is 0. The zero-order valence-electron chi connectivity index (χ0n) is 22.9. The van der Waals surface area contributed by atoms with Crippen LogP contribution in [-0.2, 0) is 22.6 Å². The van der Waals surface area contributed by atoms with Crippen molar-refractivity contribution in [1.29, 1.82) is 0 Å². The SMILES string of the molecule is COCCOc1cccc([C@@H]2CCN(CCn3ccc(C)c3)CC2COc2ccc(CNC(C)=O)cc2)c1. The van der Waals surface area contributed by atoms with E-state index >= 15 is 0 Å². The molecule has 2 heterocycles. The van der Waals surface area contributed by atoms with Gasteiger partial charge >= 0.3 is 0 Å². The average Bonchev–Trinajstić information content (AvgIpc) is 3.35. The van der Waals surface area contributed by atoms with E-state index in [4.69, 9.17) is 14.2 Å². The Balaban J connectivity index is 1.42. The van der Waals surface area contributed by atoms with E-state index in [0.29, 0.717) is 38.2 Å². The lowest BCUT2D eigenvalue weighted by Crippen LogP contribution is -2.43. The normalized spacial score (nSPS) is 17.8. The molecule has 2 aromatic carbocycles. The molecule has 1 unspecified atom stereocenters. The zero-order valence-corrected chi connectivity index (χ0v) is 22.9. The predicted octanol–water partition coefficient (Wildman–Crippen LogP) is 4.64. The van der Waals surface area contributed by atoms with E-state index in [0.717, 1.165) is 49.7 Å². The molecule has 1 aliphatic rings. The fourth-order valence-corrected chi connectivity index (χ4v) is 5.09. The van der Waals surface area contributed by atoms with Gasteiger partial charge in [0.15, 0.2) is 0 Å². The maximum absolute atomic E-state index is 11.2. The summed E-state index contributed by atoms with van der Waals surface area (Å²) < 4.78 is 19.6. The van der Waals surface area contributed by atoms with Gasteiger partial charge in [0.1, 0.15) is 18.1 Å². The predicted molar refractivity (Wildman–Crippen MR) is 150 cm³/mol. The van der Waals surface area contributed by atoms with Crippen molar-refractivity contribution in [2.45, 2.75) is 39.3 Å². The molecule has 3 aromatic rings. The number of benzene rings is 2. The molecular weight excluding hydrogens is 478 g/mol. The van der Waals surface area contributed by atoms with Crippen molar-refractivity contribution in [2.24, 2.45) is 5.92 Å². The summed E-state index contributed by atoms with van der Waals surface area (Å²) in [5.74, 6) is 2.46. The number of amides is 1. The summed E-state index contributed by atoms with van der Waals surface area (Å²) in [7, 11) is 1.69. The maximum Gasteiger partial charge on any atom is 0.217 e. The van der Waals surface area contributed by atoms with Crippen molar-refractivity contribution in [3.8, 4) is 11.5 Å². The van der Waals surface area contributed by atoms with Crippen LogP contribution in [0.25, 0.3) is 0 Å². The molecule has 0 bridgehead atoms. The van der Waals surface area contributed by atoms with Crippen LogP contribution in [0.15, 0.2) is 67.0 Å². The summed E-state index contributed by atoms with van der Waals surface area (Å²) in [6, 6.07) is 18.7. The molecule has 0 saturated carbocycles. The molecular formula is C31H41N3O4. The van der Waals surface area contributed by atoms with Gasteiger partial charge in [-0.05, 0) is 72.8 Å². The lowest BCUT2D eigenvalue weighted by atomic mass is 9.80.